The number of hydrogen-bond acceptors (Lipinski definition) is 5. The molecule has 0 saturated heterocycles. The number of fused-ring (bicyclic) bond motifs is 2. The summed E-state index contributed by atoms with van der Waals surface area (Å²) in [7, 11) is 0. The Bertz CT molecular complexity index is 871. The minimum atomic E-state index is -1.37. The van der Waals surface area contributed by atoms with Gasteiger partial charge in [-0.3, -0.25) is 9.59 Å². The zero-order valence-electron chi connectivity index (χ0n) is 13.5. The first-order valence-corrected chi connectivity index (χ1v) is 7.95. The van der Waals surface area contributed by atoms with E-state index in [0.717, 1.165) is 5.56 Å². The standard InChI is InChI=1S/C19H15NO5/c1-19(15-9-5-2-6-12(15)10-11-24-19)18(23)25-20-16(21)13-7-3-4-8-14(13)17(20)22/h2-9H,10-11H2,1H3. The second-order valence-electron chi connectivity index (χ2n) is 6.12. The van der Waals surface area contributed by atoms with Crippen molar-refractivity contribution in [3.05, 3.63) is 70.8 Å². The molecule has 2 aromatic carbocycles. The maximum atomic E-state index is 12.8. The molecule has 2 amide bonds. The van der Waals surface area contributed by atoms with E-state index in [0.29, 0.717) is 23.7 Å². The fourth-order valence-electron chi connectivity index (χ4n) is 3.24. The van der Waals surface area contributed by atoms with E-state index < -0.39 is 23.4 Å². The number of ether oxygens (including phenoxy) is 1. The Kier molecular flexibility index (Phi) is 3.43. The normalized spacial score (nSPS) is 21.7. The third-order valence-corrected chi connectivity index (χ3v) is 4.61. The van der Waals surface area contributed by atoms with Gasteiger partial charge in [0, 0.05) is 0 Å². The first kappa shape index (κ1) is 15.5. The predicted octanol–water partition coefficient (Wildman–Crippen LogP) is 2.23. The highest BCUT2D eigenvalue weighted by atomic mass is 16.7. The molecule has 0 N–H and O–H groups in total. The third-order valence-electron chi connectivity index (χ3n) is 4.61. The van der Waals surface area contributed by atoms with Crippen molar-refractivity contribution in [3.63, 3.8) is 0 Å². The lowest BCUT2D eigenvalue weighted by Crippen LogP contribution is -2.45. The zero-order chi connectivity index (χ0) is 17.6. The van der Waals surface area contributed by atoms with Crippen molar-refractivity contribution in [1.82, 2.24) is 5.06 Å². The SMILES string of the molecule is CC1(C(=O)ON2C(=O)c3ccccc3C2=O)OCCc2ccccc21. The Labute approximate surface area is 143 Å². The van der Waals surface area contributed by atoms with Crippen LogP contribution in [0.3, 0.4) is 0 Å². The molecule has 0 fully saturated rings. The number of amides is 2. The van der Waals surface area contributed by atoms with Crippen LogP contribution in [0.15, 0.2) is 48.5 Å². The zero-order valence-corrected chi connectivity index (χ0v) is 13.5. The van der Waals surface area contributed by atoms with Crippen LogP contribution in [0.2, 0.25) is 0 Å². The van der Waals surface area contributed by atoms with E-state index >= 15 is 0 Å². The van der Waals surface area contributed by atoms with E-state index in [1.165, 1.54) is 12.1 Å². The molecule has 0 saturated carbocycles. The molecule has 0 bridgehead atoms. The number of imide groups is 1. The highest BCUT2D eigenvalue weighted by molar-refractivity contribution is 6.21. The Morgan fingerprint density at radius 2 is 1.64 bits per heavy atom. The van der Waals surface area contributed by atoms with Crippen molar-refractivity contribution < 1.29 is 24.0 Å². The molecule has 2 aromatic rings. The van der Waals surface area contributed by atoms with Crippen molar-refractivity contribution in [1.29, 1.82) is 0 Å². The van der Waals surface area contributed by atoms with Gasteiger partial charge in [0.25, 0.3) is 11.8 Å². The number of nitrogens with zero attached hydrogens (tertiary/aromatic N) is 1. The summed E-state index contributed by atoms with van der Waals surface area (Å²) in [6.07, 6.45) is 0.687. The lowest BCUT2D eigenvalue weighted by molar-refractivity contribution is -0.197. The molecule has 1 atom stereocenters. The fraction of sp³-hybridized carbons (Fsp3) is 0.211. The largest absolute Gasteiger partial charge is 0.368 e. The molecule has 2 aliphatic heterocycles. The van der Waals surface area contributed by atoms with Crippen LogP contribution in [-0.2, 0) is 26.4 Å². The average Bonchev–Trinajstić information content (AvgIpc) is 2.87. The lowest BCUT2D eigenvalue weighted by Gasteiger charge is -2.34. The van der Waals surface area contributed by atoms with Gasteiger partial charge in [-0.1, -0.05) is 41.5 Å². The molecule has 6 heteroatoms. The highest BCUT2D eigenvalue weighted by Gasteiger charge is 2.46. The molecule has 2 heterocycles. The molecule has 2 aliphatic rings. The topological polar surface area (TPSA) is 72.9 Å². The van der Waals surface area contributed by atoms with Crippen LogP contribution >= 0.6 is 0 Å². The Balaban J connectivity index is 1.64. The molecule has 25 heavy (non-hydrogen) atoms. The maximum Gasteiger partial charge on any atom is 0.368 e. The van der Waals surface area contributed by atoms with E-state index in [-0.39, 0.29) is 11.1 Å². The molecule has 0 aromatic heterocycles. The number of rotatable bonds is 2. The lowest BCUT2D eigenvalue weighted by atomic mass is 9.88. The minimum absolute atomic E-state index is 0.218. The van der Waals surface area contributed by atoms with Crippen LogP contribution in [0.25, 0.3) is 0 Å². The van der Waals surface area contributed by atoms with Crippen LogP contribution < -0.4 is 0 Å². The minimum Gasteiger partial charge on any atom is -0.358 e. The number of benzene rings is 2. The van der Waals surface area contributed by atoms with Gasteiger partial charge in [-0.15, -0.1) is 0 Å². The molecular weight excluding hydrogens is 322 g/mol. The monoisotopic (exact) mass is 337 g/mol. The van der Waals surface area contributed by atoms with Gasteiger partial charge >= 0.3 is 5.97 Å². The van der Waals surface area contributed by atoms with Gasteiger partial charge in [-0.05, 0) is 36.6 Å². The molecule has 126 valence electrons. The van der Waals surface area contributed by atoms with Crippen LogP contribution in [0.1, 0.15) is 38.8 Å². The predicted molar refractivity (Wildman–Crippen MR) is 86.5 cm³/mol. The number of carbonyl (C=O) groups excluding carboxylic acids is 3. The van der Waals surface area contributed by atoms with E-state index in [2.05, 4.69) is 0 Å². The summed E-state index contributed by atoms with van der Waals surface area (Å²) in [5, 5.41) is 0.513. The van der Waals surface area contributed by atoms with E-state index in [4.69, 9.17) is 9.57 Å². The van der Waals surface area contributed by atoms with Gasteiger partial charge in [0.15, 0.2) is 5.60 Å². The second kappa shape index (κ2) is 5.53. The van der Waals surface area contributed by atoms with Crippen LogP contribution in [-0.4, -0.2) is 29.5 Å². The van der Waals surface area contributed by atoms with E-state index in [9.17, 15) is 14.4 Å². The van der Waals surface area contributed by atoms with Gasteiger partial charge in [0.2, 0.25) is 0 Å². The van der Waals surface area contributed by atoms with Crippen LogP contribution in [0.4, 0.5) is 0 Å². The van der Waals surface area contributed by atoms with Crippen LogP contribution in [0, 0.1) is 0 Å². The Morgan fingerprint density at radius 1 is 1.04 bits per heavy atom. The van der Waals surface area contributed by atoms with Crippen molar-refractivity contribution in [2.75, 3.05) is 6.61 Å². The van der Waals surface area contributed by atoms with Gasteiger partial charge in [0.1, 0.15) is 0 Å². The summed E-state index contributed by atoms with van der Waals surface area (Å²) in [5.74, 6) is -2.10. The molecule has 6 nitrogen and oxygen atoms in total. The smallest absolute Gasteiger partial charge is 0.358 e. The van der Waals surface area contributed by atoms with Crippen molar-refractivity contribution in [3.8, 4) is 0 Å². The molecule has 0 aliphatic carbocycles. The van der Waals surface area contributed by atoms with Crippen molar-refractivity contribution in [2.24, 2.45) is 0 Å². The van der Waals surface area contributed by atoms with Crippen molar-refractivity contribution in [2.45, 2.75) is 18.9 Å². The Hall–Kier alpha value is -2.99. The summed E-state index contributed by atoms with van der Waals surface area (Å²) in [6, 6.07) is 13.8. The molecule has 1 unspecified atom stereocenters. The van der Waals surface area contributed by atoms with Crippen LogP contribution in [0.5, 0.6) is 0 Å². The summed E-state index contributed by atoms with van der Waals surface area (Å²) in [6.45, 7) is 1.94. The van der Waals surface area contributed by atoms with E-state index in [1.807, 2.05) is 12.1 Å². The average molecular weight is 337 g/mol. The highest BCUT2D eigenvalue weighted by Crippen LogP contribution is 2.35. The molecule has 0 spiro atoms. The molecular formula is C19H15NO5. The maximum absolute atomic E-state index is 12.8. The van der Waals surface area contributed by atoms with Gasteiger partial charge < -0.3 is 9.57 Å². The molecule has 4 rings (SSSR count). The molecule has 0 radical (unpaired) electrons. The quantitative estimate of drug-likeness (QED) is 0.786. The van der Waals surface area contributed by atoms with Gasteiger partial charge in [0.05, 0.1) is 17.7 Å². The fourth-order valence-corrected chi connectivity index (χ4v) is 3.24. The van der Waals surface area contributed by atoms with Crippen molar-refractivity contribution >= 4 is 17.8 Å². The third kappa shape index (κ3) is 2.26. The summed E-state index contributed by atoms with van der Waals surface area (Å²) < 4.78 is 5.69. The van der Waals surface area contributed by atoms with E-state index in [1.54, 1.807) is 31.2 Å². The van der Waals surface area contributed by atoms with Gasteiger partial charge in [-0.2, -0.15) is 0 Å². The Morgan fingerprint density at radius 3 is 2.32 bits per heavy atom. The summed E-state index contributed by atoms with van der Waals surface area (Å²) >= 11 is 0. The first-order chi connectivity index (χ1) is 12.0. The summed E-state index contributed by atoms with van der Waals surface area (Å²) in [4.78, 5) is 42.7. The summed E-state index contributed by atoms with van der Waals surface area (Å²) in [5.41, 5.74) is 0.730. The number of hydrogen-bond donors (Lipinski definition) is 0. The first-order valence-electron chi connectivity index (χ1n) is 7.95. The second-order valence-corrected chi connectivity index (χ2v) is 6.12. The number of hydroxylamine groups is 2. The number of carbonyl (C=O) groups is 3. The van der Waals surface area contributed by atoms with Gasteiger partial charge in [-0.25, -0.2) is 4.79 Å².